The van der Waals surface area contributed by atoms with Crippen molar-refractivity contribution in [3.05, 3.63) is 57.7 Å². The topological polar surface area (TPSA) is 51.7 Å². The zero-order valence-corrected chi connectivity index (χ0v) is 24.1. The van der Waals surface area contributed by atoms with Gasteiger partial charge in [0, 0.05) is 56.0 Å². The average molecular weight is 559 g/mol. The number of halogens is 2. The monoisotopic (exact) mass is 557 g/mol. The molecule has 1 saturated carbocycles. The van der Waals surface area contributed by atoms with Gasteiger partial charge in [0.25, 0.3) is 5.91 Å². The van der Waals surface area contributed by atoms with Gasteiger partial charge in [0.15, 0.2) is 0 Å². The number of piperazine rings is 1. The van der Waals surface area contributed by atoms with Gasteiger partial charge in [-0.05, 0) is 75.4 Å². The summed E-state index contributed by atoms with van der Waals surface area (Å²) < 4.78 is 0. The average Bonchev–Trinajstić information content (AvgIpc) is 2.94. The van der Waals surface area contributed by atoms with Gasteiger partial charge in [-0.15, -0.1) is 0 Å². The molecule has 6 nitrogen and oxygen atoms in total. The summed E-state index contributed by atoms with van der Waals surface area (Å²) in [4.78, 5) is 24.9. The predicted octanol–water partition coefficient (Wildman–Crippen LogP) is 5.87. The number of pyridine rings is 1. The molecule has 5 rings (SSSR count). The molecule has 2 saturated heterocycles. The van der Waals surface area contributed by atoms with Crippen molar-refractivity contribution in [1.82, 2.24) is 20.1 Å². The van der Waals surface area contributed by atoms with Gasteiger partial charge in [-0.3, -0.25) is 14.6 Å². The summed E-state index contributed by atoms with van der Waals surface area (Å²) >= 11 is 12.7. The van der Waals surface area contributed by atoms with E-state index < -0.39 is 0 Å². The SMILES string of the molecule is C[C@@H]1CN(c2ncc(C(=O)NCC3CCCCC3)cc2Cl)CCN1C1CCN(Cc2ccc(Cl)cc2)CC1. The molecule has 2 aliphatic heterocycles. The fourth-order valence-electron chi connectivity index (χ4n) is 6.48. The number of hydrogen-bond acceptors (Lipinski definition) is 5. The van der Waals surface area contributed by atoms with Crippen LogP contribution in [0.15, 0.2) is 36.5 Å². The summed E-state index contributed by atoms with van der Waals surface area (Å²) in [7, 11) is 0. The van der Waals surface area contributed by atoms with Gasteiger partial charge < -0.3 is 10.2 Å². The van der Waals surface area contributed by atoms with Gasteiger partial charge in [-0.25, -0.2) is 4.98 Å². The predicted molar refractivity (Wildman–Crippen MR) is 156 cm³/mol. The number of likely N-dealkylation sites (tertiary alicyclic amines) is 1. The molecule has 3 fully saturated rings. The van der Waals surface area contributed by atoms with Gasteiger partial charge in [0.2, 0.25) is 0 Å². The number of nitrogens with zero attached hydrogens (tertiary/aromatic N) is 4. The zero-order valence-electron chi connectivity index (χ0n) is 22.5. The number of benzene rings is 1. The Morgan fingerprint density at radius 2 is 1.74 bits per heavy atom. The summed E-state index contributed by atoms with van der Waals surface area (Å²) in [5.41, 5.74) is 1.87. The minimum absolute atomic E-state index is 0.0721. The van der Waals surface area contributed by atoms with Crippen LogP contribution in [0.5, 0.6) is 0 Å². The molecule has 1 aromatic heterocycles. The Bertz CT molecular complexity index is 1070. The third kappa shape index (κ3) is 7.01. The highest BCUT2D eigenvalue weighted by Crippen LogP contribution is 2.29. The molecular weight excluding hydrogens is 517 g/mol. The van der Waals surface area contributed by atoms with E-state index in [0.717, 1.165) is 56.7 Å². The normalized spacial score (nSPS) is 22.5. The first-order valence-electron chi connectivity index (χ1n) is 14.4. The molecule has 38 heavy (non-hydrogen) atoms. The van der Waals surface area contributed by atoms with Crippen LogP contribution >= 0.6 is 23.2 Å². The molecule has 0 spiro atoms. The molecule has 3 heterocycles. The summed E-state index contributed by atoms with van der Waals surface area (Å²) in [5, 5.41) is 4.45. The van der Waals surface area contributed by atoms with Crippen LogP contribution in [0, 0.1) is 5.92 Å². The van der Waals surface area contributed by atoms with Crippen molar-refractivity contribution in [2.45, 2.75) is 70.5 Å². The Labute approximate surface area is 237 Å². The van der Waals surface area contributed by atoms with E-state index in [4.69, 9.17) is 23.2 Å². The van der Waals surface area contributed by atoms with Crippen LogP contribution in [0.4, 0.5) is 5.82 Å². The molecule has 1 atom stereocenters. The molecule has 2 aromatic rings. The van der Waals surface area contributed by atoms with Crippen LogP contribution < -0.4 is 10.2 Å². The van der Waals surface area contributed by atoms with Gasteiger partial charge in [0.1, 0.15) is 5.82 Å². The second-order valence-electron chi connectivity index (χ2n) is 11.4. The molecule has 8 heteroatoms. The quantitative estimate of drug-likeness (QED) is 0.461. The number of piperidine rings is 1. The summed E-state index contributed by atoms with van der Waals surface area (Å²) in [6, 6.07) is 11.0. The van der Waals surface area contributed by atoms with E-state index in [1.165, 1.54) is 50.5 Å². The smallest absolute Gasteiger partial charge is 0.252 e. The third-order valence-corrected chi connectivity index (χ3v) is 9.21. The van der Waals surface area contributed by atoms with E-state index in [1.54, 1.807) is 12.3 Å². The molecule has 1 aromatic carbocycles. The van der Waals surface area contributed by atoms with Crippen LogP contribution in [-0.4, -0.2) is 72.0 Å². The molecule has 0 radical (unpaired) electrons. The Morgan fingerprint density at radius 3 is 2.42 bits per heavy atom. The molecule has 0 unspecified atom stereocenters. The molecule has 206 valence electrons. The first-order valence-corrected chi connectivity index (χ1v) is 15.1. The molecule has 3 aliphatic rings. The van der Waals surface area contributed by atoms with Crippen LogP contribution in [0.1, 0.15) is 67.8 Å². The molecular formula is C30H41Cl2N5O. The Hall–Kier alpha value is -1.86. The minimum Gasteiger partial charge on any atom is -0.353 e. The van der Waals surface area contributed by atoms with Gasteiger partial charge in [-0.2, -0.15) is 0 Å². The van der Waals surface area contributed by atoms with Crippen LogP contribution in [0.25, 0.3) is 0 Å². The van der Waals surface area contributed by atoms with Crippen LogP contribution in [0.2, 0.25) is 10.0 Å². The standard InChI is InChI=1S/C30H41Cl2N5O/c1-22-20-36(29-28(32)17-25(19-33-29)30(38)34-18-23-5-3-2-4-6-23)15-16-37(22)27-11-13-35(14-12-27)21-24-7-9-26(31)10-8-24/h7-10,17,19,22-23,27H,2-6,11-16,18,20-21H2,1H3,(H,34,38)/t22-/m1/s1. The fraction of sp³-hybridized carbons (Fsp3) is 0.600. The first kappa shape index (κ1) is 27.7. The number of aromatic nitrogens is 1. The van der Waals surface area contributed by atoms with E-state index in [-0.39, 0.29) is 5.91 Å². The lowest BCUT2D eigenvalue weighted by molar-refractivity contribution is 0.0690. The third-order valence-electron chi connectivity index (χ3n) is 8.68. The van der Waals surface area contributed by atoms with Crippen molar-refractivity contribution < 1.29 is 4.79 Å². The zero-order chi connectivity index (χ0) is 26.5. The van der Waals surface area contributed by atoms with Crippen LogP contribution in [0.3, 0.4) is 0 Å². The largest absolute Gasteiger partial charge is 0.353 e. The highest BCUT2D eigenvalue weighted by Gasteiger charge is 2.32. The van der Waals surface area contributed by atoms with E-state index in [2.05, 4.69) is 44.1 Å². The maximum absolute atomic E-state index is 12.7. The number of amides is 1. The first-order chi connectivity index (χ1) is 18.5. The highest BCUT2D eigenvalue weighted by molar-refractivity contribution is 6.33. The van der Waals surface area contributed by atoms with E-state index in [0.29, 0.717) is 28.6 Å². The number of nitrogens with one attached hydrogen (secondary N) is 1. The second kappa shape index (κ2) is 13.0. The lowest BCUT2D eigenvalue weighted by atomic mass is 9.89. The fourth-order valence-corrected chi connectivity index (χ4v) is 6.89. The van der Waals surface area contributed by atoms with Crippen molar-refractivity contribution in [2.24, 2.45) is 5.92 Å². The van der Waals surface area contributed by atoms with Crippen molar-refractivity contribution >= 4 is 34.9 Å². The summed E-state index contributed by atoms with van der Waals surface area (Å²) in [5.74, 6) is 1.32. The van der Waals surface area contributed by atoms with Gasteiger partial charge in [0.05, 0.1) is 10.6 Å². The summed E-state index contributed by atoms with van der Waals surface area (Å²) in [6.07, 6.45) is 10.4. The Kier molecular flexibility index (Phi) is 9.47. The van der Waals surface area contributed by atoms with Crippen LogP contribution in [-0.2, 0) is 6.54 Å². The number of hydrogen-bond donors (Lipinski definition) is 1. The maximum atomic E-state index is 12.7. The van der Waals surface area contributed by atoms with Crippen molar-refractivity contribution in [1.29, 1.82) is 0 Å². The molecule has 1 N–H and O–H groups in total. The lowest BCUT2D eigenvalue weighted by Crippen LogP contribution is -2.57. The lowest BCUT2D eigenvalue weighted by Gasteiger charge is -2.47. The van der Waals surface area contributed by atoms with Gasteiger partial charge in [-0.1, -0.05) is 54.6 Å². The van der Waals surface area contributed by atoms with Crippen molar-refractivity contribution in [3.63, 3.8) is 0 Å². The summed E-state index contributed by atoms with van der Waals surface area (Å²) in [6.45, 7) is 9.09. The van der Waals surface area contributed by atoms with Crippen molar-refractivity contribution in [2.75, 3.05) is 44.2 Å². The number of rotatable bonds is 7. The maximum Gasteiger partial charge on any atom is 0.252 e. The molecule has 1 aliphatic carbocycles. The Balaban J connectivity index is 1.10. The van der Waals surface area contributed by atoms with Crippen molar-refractivity contribution in [3.8, 4) is 0 Å². The minimum atomic E-state index is -0.0721. The number of carbonyl (C=O) groups excluding carboxylic acids is 1. The second-order valence-corrected chi connectivity index (χ2v) is 12.3. The van der Waals surface area contributed by atoms with Gasteiger partial charge >= 0.3 is 0 Å². The number of carbonyl (C=O) groups is 1. The van der Waals surface area contributed by atoms with E-state index in [9.17, 15) is 4.79 Å². The molecule has 0 bridgehead atoms. The highest BCUT2D eigenvalue weighted by atomic mass is 35.5. The van der Waals surface area contributed by atoms with E-state index >= 15 is 0 Å². The number of anilines is 1. The van der Waals surface area contributed by atoms with E-state index in [1.807, 2.05) is 12.1 Å². The Morgan fingerprint density at radius 1 is 1.00 bits per heavy atom. The molecule has 1 amide bonds.